The second kappa shape index (κ2) is 4.45. The first kappa shape index (κ1) is 12.2. The number of rotatable bonds is 1. The summed E-state index contributed by atoms with van der Waals surface area (Å²) in [7, 11) is 0. The second-order valence-corrected chi connectivity index (χ2v) is 5.50. The van der Waals surface area contributed by atoms with Crippen molar-refractivity contribution in [2.45, 2.75) is 12.3 Å². The molecule has 0 aromatic heterocycles. The van der Waals surface area contributed by atoms with E-state index in [1.165, 1.54) is 5.56 Å². The Kier molecular flexibility index (Phi) is 2.58. The number of hydrogen-bond acceptors (Lipinski definition) is 1. The largest absolute Gasteiger partial charge is 0.481 e. The van der Waals surface area contributed by atoms with E-state index < -0.39 is 11.9 Å². The van der Waals surface area contributed by atoms with Gasteiger partial charge in [-0.05, 0) is 39.4 Å². The summed E-state index contributed by atoms with van der Waals surface area (Å²) in [5, 5.41) is 11.9. The van der Waals surface area contributed by atoms with Gasteiger partial charge in [0.2, 0.25) is 0 Å². The number of carbonyl (C=O) groups is 1. The third-order valence-corrected chi connectivity index (χ3v) is 4.35. The van der Waals surface area contributed by atoms with Gasteiger partial charge in [0.1, 0.15) is 0 Å². The van der Waals surface area contributed by atoms with Gasteiger partial charge in [0, 0.05) is 0 Å². The van der Waals surface area contributed by atoms with Crippen molar-refractivity contribution in [3.05, 3.63) is 71.8 Å². The first-order valence-corrected chi connectivity index (χ1v) is 7.08. The Morgan fingerprint density at radius 2 is 1.71 bits per heavy atom. The minimum Gasteiger partial charge on any atom is -0.481 e. The van der Waals surface area contributed by atoms with Gasteiger partial charge in [-0.3, -0.25) is 4.79 Å². The van der Waals surface area contributed by atoms with Crippen LogP contribution in [-0.2, 0) is 11.2 Å². The zero-order chi connectivity index (χ0) is 14.4. The van der Waals surface area contributed by atoms with Crippen LogP contribution in [0.4, 0.5) is 0 Å². The van der Waals surface area contributed by atoms with Crippen molar-refractivity contribution in [2.75, 3.05) is 0 Å². The molecule has 1 N–H and O–H groups in total. The molecule has 0 aliphatic heterocycles. The van der Waals surface area contributed by atoms with E-state index in [9.17, 15) is 9.90 Å². The molecule has 0 amide bonds. The molecule has 0 fully saturated rings. The van der Waals surface area contributed by atoms with Crippen molar-refractivity contribution in [1.29, 1.82) is 0 Å². The van der Waals surface area contributed by atoms with Crippen molar-refractivity contribution in [3.8, 4) is 11.1 Å². The van der Waals surface area contributed by atoms with Crippen LogP contribution in [0.3, 0.4) is 0 Å². The van der Waals surface area contributed by atoms with Crippen LogP contribution in [0.1, 0.15) is 17.0 Å². The summed E-state index contributed by atoms with van der Waals surface area (Å²) in [6, 6.07) is 20.3. The van der Waals surface area contributed by atoms with Gasteiger partial charge in [-0.25, -0.2) is 0 Å². The van der Waals surface area contributed by atoms with E-state index in [1.54, 1.807) is 0 Å². The molecule has 3 aromatic carbocycles. The van der Waals surface area contributed by atoms with Gasteiger partial charge in [0.25, 0.3) is 0 Å². The Labute approximate surface area is 122 Å². The smallest absolute Gasteiger partial charge is 0.311 e. The highest BCUT2D eigenvalue weighted by molar-refractivity contribution is 6.02. The SMILES string of the molecule is O=C(O)[C@@H]1Cc2ccccc2-c2c1ccc1ccccc21. The number of benzene rings is 3. The third-order valence-electron chi connectivity index (χ3n) is 4.35. The van der Waals surface area contributed by atoms with Crippen LogP contribution < -0.4 is 0 Å². The fraction of sp³-hybridized carbons (Fsp3) is 0.105. The van der Waals surface area contributed by atoms with Crippen molar-refractivity contribution >= 4 is 16.7 Å². The molecule has 3 aromatic rings. The highest BCUT2D eigenvalue weighted by Crippen LogP contribution is 2.43. The molecule has 2 heteroatoms. The summed E-state index contributed by atoms with van der Waals surface area (Å²) in [4.78, 5) is 11.7. The molecule has 0 radical (unpaired) electrons. The lowest BCUT2D eigenvalue weighted by molar-refractivity contribution is -0.138. The second-order valence-electron chi connectivity index (χ2n) is 5.50. The third kappa shape index (κ3) is 1.76. The molecule has 0 saturated heterocycles. The van der Waals surface area contributed by atoms with Crippen molar-refractivity contribution < 1.29 is 9.90 Å². The molecule has 21 heavy (non-hydrogen) atoms. The number of fused-ring (bicyclic) bond motifs is 5. The van der Waals surface area contributed by atoms with Crippen LogP contribution in [0, 0.1) is 0 Å². The van der Waals surface area contributed by atoms with Crippen LogP contribution in [0.5, 0.6) is 0 Å². The highest BCUT2D eigenvalue weighted by Gasteiger charge is 2.30. The van der Waals surface area contributed by atoms with Crippen LogP contribution in [-0.4, -0.2) is 11.1 Å². The summed E-state index contributed by atoms with van der Waals surface area (Å²) in [5.74, 6) is -1.21. The van der Waals surface area contributed by atoms with E-state index in [0.29, 0.717) is 6.42 Å². The normalized spacial score (nSPS) is 16.3. The Bertz CT molecular complexity index is 864. The van der Waals surface area contributed by atoms with Crippen molar-refractivity contribution in [2.24, 2.45) is 0 Å². The molecule has 0 bridgehead atoms. The van der Waals surface area contributed by atoms with E-state index in [0.717, 1.165) is 27.5 Å². The number of hydrogen-bond donors (Lipinski definition) is 1. The standard InChI is InChI=1S/C19H14O2/c20-19(21)17-11-13-6-2-4-8-15(13)18-14-7-3-1-5-12(14)9-10-16(17)18/h1-10,17H,11H2,(H,20,21)/t17-/m1/s1. The summed E-state index contributed by atoms with van der Waals surface area (Å²) < 4.78 is 0. The van der Waals surface area contributed by atoms with Gasteiger partial charge in [-0.1, -0.05) is 60.7 Å². The zero-order valence-electron chi connectivity index (χ0n) is 11.4. The molecule has 1 aliphatic rings. The van der Waals surface area contributed by atoms with Gasteiger partial charge < -0.3 is 5.11 Å². The van der Waals surface area contributed by atoms with E-state index in [1.807, 2.05) is 42.5 Å². The molecule has 0 heterocycles. The van der Waals surface area contributed by atoms with Gasteiger partial charge >= 0.3 is 5.97 Å². The monoisotopic (exact) mass is 274 g/mol. The molecule has 0 unspecified atom stereocenters. The summed E-state index contributed by atoms with van der Waals surface area (Å²) >= 11 is 0. The molecule has 1 aliphatic carbocycles. The highest BCUT2D eigenvalue weighted by atomic mass is 16.4. The van der Waals surface area contributed by atoms with Crippen LogP contribution in [0.15, 0.2) is 60.7 Å². The summed E-state index contributed by atoms with van der Waals surface area (Å²) in [5.41, 5.74) is 4.30. The maximum Gasteiger partial charge on any atom is 0.311 e. The Balaban J connectivity index is 2.13. The minimum atomic E-state index is -0.749. The minimum absolute atomic E-state index is 0.459. The maximum atomic E-state index is 11.7. The quantitative estimate of drug-likeness (QED) is 0.721. The average Bonchev–Trinajstić information content (AvgIpc) is 2.53. The van der Waals surface area contributed by atoms with E-state index in [4.69, 9.17) is 0 Å². The predicted octanol–water partition coefficient (Wildman–Crippen LogP) is 4.23. The topological polar surface area (TPSA) is 37.3 Å². The van der Waals surface area contributed by atoms with Gasteiger partial charge in [0.15, 0.2) is 0 Å². The molecular formula is C19H14O2. The Hall–Kier alpha value is -2.61. The lowest BCUT2D eigenvalue weighted by Gasteiger charge is -2.26. The maximum absolute atomic E-state index is 11.7. The van der Waals surface area contributed by atoms with E-state index >= 15 is 0 Å². The van der Waals surface area contributed by atoms with E-state index in [2.05, 4.69) is 18.2 Å². The summed E-state index contributed by atoms with van der Waals surface area (Å²) in [6.07, 6.45) is 0.566. The molecule has 0 spiro atoms. The lowest BCUT2D eigenvalue weighted by Crippen LogP contribution is -2.19. The number of carboxylic acid groups (broad SMARTS) is 1. The lowest BCUT2D eigenvalue weighted by atomic mass is 9.77. The zero-order valence-corrected chi connectivity index (χ0v) is 11.4. The predicted molar refractivity (Wildman–Crippen MR) is 83.5 cm³/mol. The number of aliphatic carboxylic acids is 1. The van der Waals surface area contributed by atoms with Crippen LogP contribution in [0.25, 0.3) is 21.9 Å². The molecule has 0 saturated carbocycles. The molecule has 4 rings (SSSR count). The molecule has 102 valence electrons. The van der Waals surface area contributed by atoms with Crippen LogP contribution >= 0.6 is 0 Å². The Morgan fingerprint density at radius 1 is 0.952 bits per heavy atom. The van der Waals surface area contributed by atoms with Gasteiger partial charge in [-0.2, -0.15) is 0 Å². The number of carboxylic acids is 1. The Morgan fingerprint density at radius 3 is 2.57 bits per heavy atom. The molecular weight excluding hydrogens is 260 g/mol. The van der Waals surface area contributed by atoms with Crippen LogP contribution in [0.2, 0.25) is 0 Å². The first-order valence-electron chi connectivity index (χ1n) is 7.08. The fourth-order valence-corrected chi connectivity index (χ4v) is 3.37. The first-order chi connectivity index (χ1) is 10.3. The van der Waals surface area contributed by atoms with Gasteiger partial charge in [-0.15, -0.1) is 0 Å². The molecule has 2 nitrogen and oxygen atoms in total. The van der Waals surface area contributed by atoms with E-state index in [-0.39, 0.29) is 0 Å². The van der Waals surface area contributed by atoms with Crippen molar-refractivity contribution in [1.82, 2.24) is 0 Å². The van der Waals surface area contributed by atoms with Gasteiger partial charge in [0.05, 0.1) is 5.92 Å². The average molecular weight is 274 g/mol. The molecule has 1 atom stereocenters. The van der Waals surface area contributed by atoms with Crippen molar-refractivity contribution in [3.63, 3.8) is 0 Å². The summed E-state index contributed by atoms with van der Waals surface area (Å²) in [6.45, 7) is 0. The fourth-order valence-electron chi connectivity index (χ4n) is 3.37.